The van der Waals surface area contributed by atoms with Gasteiger partial charge in [0.1, 0.15) is 6.04 Å². The van der Waals surface area contributed by atoms with Gasteiger partial charge in [0.05, 0.1) is 5.37 Å². The van der Waals surface area contributed by atoms with Crippen LogP contribution in [-0.2, 0) is 4.79 Å². The Balaban J connectivity index is 2.00. The quantitative estimate of drug-likeness (QED) is 0.797. The molecule has 2 aliphatic heterocycles. The van der Waals surface area contributed by atoms with Crippen molar-refractivity contribution < 1.29 is 14.7 Å². The second-order valence-electron chi connectivity index (χ2n) is 5.15. The summed E-state index contributed by atoms with van der Waals surface area (Å²) in [5.74, 6) is -0.437. The summed E-state index contributed by atoms with van der Waals surface area (Å²) in [6, 6.07) is -0.798. The third kappa shape index (κ3) is 3.14. The first kappa shape index (κ1) is 14.5. The lowest BCUT2D eigenvalue weighted by atomic mass is 10.2. The second-order valence-corrected chi connectivity index (χ2v) is 6.37. The molecule has 3 atom stereocenters. The lowest BCUT2D eigenvalue weighted by Gasteiger charge is -2.28. The van der Waals surface area contributed by atoms with E-state index in [-0.39, 0.29) is 17.4 Å². The number of aliphatic carboxylic acids is 1. The number of nitrogens with one attached hydrogen (secondary N) is 1. The Bertz CT molecular complexity index is 366. The van der Waals surface area contributed by atoms with Crippen LogP contribution in [0.15, 0.2) is 0 Å². The maximum atomic E-state index is 12.3. The van der Waals surface area contributed by atoms with Gasteiger partial charge in [-0.3, -0.25) is 4.90 Å². The summed E-state index contributed by atoms with van der Waals surface area (Å²) in [6.07, 6.45) is 1.70. The molecule has 0 aromatic heterocycles. The highest BCUT2D eigenvalue weighted by molar-refractivity contribution is 8.00. The molecule has 2 fully saturated rings. The van der Waals surface area contributed by atoms with Gasteiger partial charge in [-0.15, -0.1) is 11.8 Å². The highest BCUT2D eigenvalue weighted by Crippen LogP contribution is 2.31. The summed E-state index contributed by atoms with van der Waals surface area (Å²) in [7, 11) is 2.02. The molecule has 108 valence electrons. The van der Waals surface area contributed by atoms with Gasteiger partial charge in [-0.25, -0.2) is 9.59 Å². The lowest BCUT2D eigenvalue weighted by Crippen LogP contribution is -2.52. The molecule has 19 heavy (non-hydrogen) atoms. The van der Waals surface area contributed by atoms with Crippen LogP contribution < -0.4 is 5.32 Å². The summed E-state index contributed by atoms with van der Waals surface area (Å²) in [5, 5.41) is 12.1. The second kappa shape index (κ2) is 6.00. The topological polar surface area (TPSA) is 72.9 Å². The molecule has 7 heteroatoms. The average molecular weight is 287 g/mol. The van der Waals surface area contributed by atoms with E-state index >= 15 is 0 Å². The minimum atomic E-state index is -0.915. The van der Waals surface area contributed by atoms with Gasteiger partial charge in [-0.05, 0) is 26.4 Å². The third-order valence-electron chi connectivity index (χ3n) is 3.68. The van der Waals surface area contributed by atoms with Crippen LogP contribution in [0, 0.1) is 0 Å². The Hall–Kier alpha value is -0.950. The van der Waals surface area contributed by atoms with E-state index in [1.165, 1.54) is 4.90 Å². The van der Waals surface area contributed by atoms with Gasteiger partial charge in [0.25, 0.3) is 0 Å². The standard InChI is InChI=1S/C12H21N3O3S/c1-3-10-15(9(7-19-10)11(16)17)12(18)13-8-4-5-14(2)6-8/h8-10H,3-7H2,1-2H3,(H,13,18)(H,16,17). The summed E-state index contributed by atoms with van der Waals surface area (Å²) >= 11 is 1.55. The molecular formula is C12H21N3O3S. The largest absolute Gasteiger partial charge is 0.480 e. The summed E-state index contributed by atoms with van der Waals surface area (Å²) in [5.41, 5.74) is 0. The molecule has 0 aliphatic carbocycles. The molecule has 2 heterocycles. The fraction of sp³-hybridized carbons (Fsp3) is 0.833. The minimum Gasteiger partial charge on any atom is -0.480 e. The molecule has 2 saturated heterocycles. The zero-order valence-corrected chi connectivity index (χ0v) is 12.2. The number of nitrogens with zero attached hydrogens (tertiary/aromatic N) is 2. The molecule has 0 radical (unpaired) electrons. The smallest absolute Gasteiger partial charge is 0.327 e. The van der Waals surface area contributed by atoms with Crippen LogP contribution in [-0.4, -0.2) is 70.3 Å². The average Bonchev–Trinajstić information content (AvgIpc) is 2.94. The van der Waals surface area contributed by atoms with Crippen molar-refractivity contribution in [2.45, 2.75) is 37.2 Å². The van der Waals surface area contributed by atoms with E-state index < -0.39 is 12.0 Å². The van der Waals surface area contributed by atoms with Crippen LogP contribution >= 0.6 is 11.8 Å². The van der Waals surface area contributed by atoms with E-state index in [0.717, 1.165) is 25.9 Å². The molecule has 2 rings (SSSR count). The summed E-state index contributed by atoms with van der Waals surface area (Å²) < 4.78 is 0. The number of urea groups is 1. The number of hydrogen-bond donors (Lipinski definition) is 2. The first-order chi connectivity index (χ1) is 9.02. The first-order valence-corrected chi connectivity index (χ1v) is 7.69. The van der Waals surface area contributed by atoms with Gasteiger partial charge >= 0.3 is 12.0 Å². The number of likely N-dealkylation sites (N-methyl/N-ethyl adjacent to an activating group) is 1. The normalized spacial score (nSPS) is 31.7. The molecule has 0 saturated carbocycles. The van der Waals surface area contributed by atoms with E-state index in [9.17, 15) is 14.7 Å². The number of likely N-dealkylation sites (tertiary alicyclic amines) is 1. The Kier molecular flexibility index (Phi) is 4.57. The van der Waals surface area contributed by atoms with Crippen molar-refractivity contribution in [1.82, 2.24) is 15.1 Å². The van der Waals surface area contributed by atoms with Crippen molar-refractivity contribution >= 4 is 23.8 Å². The van der Waals surface area contributed by atoms with Gasteiger partial charge in [-0.1, -0.05) is 6.92 Å². The van der Waals surface area contributed by atoms with Crippen LogP contribution in [0.3, 0.4) is 0 Å². The predicted octanol–water partition coefficient (Wildman–Crippen LogP) is 0.638. The number of rotatable bonds is 3. The van der Waals surface area contributed by atoms with Gasteiger partial charge < -0.3 is 15.3 Å². The van der Waals surface area contributed by atoms with Crippen LogP contribution in [0.5, 0.6) is 0 Å². The fourth-order valence-electron chi connectivity index (χ4n) is 2.64. The summed E-state index contributed by atoms with van der Waals surface area (Å²) in [6.45, 7) is 3.78. The predicted molar refractivity (Wildman–Crippen MR) is 74.2 cm³/mol. The van der Waals surface area contributed by atoms with E-state index in [2.05, 4.69) is 10.2 Å². The number of carbonyl (C=O) groups is 2. The van der Waals surface area contributed by atoms with Gasteiger partial charge in [0.15, 0.2) is 0 Å². The maximum absolute atomic E-state index is 12.3. The van der Waals surface area contributed by atoms with Crippen molar-refractivity contribution in [2.75, 3.05) is 25.9 Å². The molecule has 2 N–H and O–H groups in total. The molecule has 2 aliphatic rings. The Morgan fingerprint density at radius 1 is 1.47 bits per heavy atom. The zero-order chi connectivity index (χ0) is 14.0. The number of carbonyl (C=O) groups excluding carboxylic acids is 1. The van der Waals surface area contributed by atoms with E-state index in [0.29, 0.717) is 5.75 Å². The van der Waals surface area contributed by atoms with E-state index in [1.807, 2.05) is 14.0 Å². The highest BCUT2D eigenvalue weighted by atomic mass is 32.2. The van der Waals surface area contributed by atoms with Gasteiger partial charge in [-0.2, -0.15) is 0 Å². The Labute approximate surface area is 117 Å². The number of thioether (sulfide) groups is 1. The maximum Gasteiger partial charge on any atom is 0.327 e. The van der Waals surface area contributed by atoms with Crippen LogP contribution in [0.25, 0.3) is 0 Å². The Morgan fingerprint density at radius 3 is 2.74 bits per heavy atom. The number of carboxylic acids is 1. The molecule has 2 amide bonds. The first-order valence-electron chi connectivity index (χ1n) is 6.64. The van der Waals surface area contributed by atoms with Crippen molar-refractivity contribution in [2.24, 2.45) is 0 Å². The third-order valence-corrected chi connectivity index (χ3v) is 5.13. The highest BCUT2D eigenvalue weighted by Gasteiger charge is 2.41. The van der Waals surface area contributed by atoms with Gasteiger partial charge in [0, 0.05) is 18.3 Å². The lowest BCUT2D eigenvalue weighted by molar-refractivity contribution is -0.141. The van der Waals surface area contributed by atoms with Crippen molar-refractivity contribution in [1.29, 1.82) is 0 Å². The monoisotopic (exact) mass is 287 g/mol. The molecular weight excluding hydrogens is 266 g/mol. The zero-order valence-electron chi connectivity index (χ0n) is 11.3. The number of hydrogen-bond acceptors (Lipinski definition) is 4. The van der Waals surface area contributed by atoms with Crippen LogP contribution in [0.4, 0.5) is 4.79 Å². The van der Waals surface area contributed by atoms with Crippen molar-refractivity contribution in [3.8, 4) is 0 Å². The van der Waals surface area contributed by atoms with E-state index in [1.54, 1.807) is 11.8 Å². The number of carboxylic acid groups (broad SMARTS) is 1. The molecule has 0 spiro atoms. The molecule has 6 nitrogen and oxygen atoms in total. The van der Waals surface area contributed by atoms with Crippen LogP contribution in [0.1, 0.15) is 19.8 Å². The Morgan fingerprint density at radius 2 is 2.21 bits per heavy atom. The SMILES string of the molecule is CCC1SCC(C(=O)O)N1C(=O)NC1CCN(C)C1. The molecule has 0 bridgehead atoms. The fourth-order valence-corrected chi connectivity index (χ4v) is 3.99. The van der Waals surface area contributed by atoms with Crippen molar-refractivity contribution in [3.05, 3.63) is 0 Å². The van der Waals surface area contributed by atoms with Crippen molar-refractivity contribution in [3.63, 3.8) is 0 Å². The summed E-state index contributed by atoms with van der Waals surface area (Å²) in [4.78, 5) is 27.2. The molecule has 0 aromatic rings. The molecule has 0 aromatic carbocycles. The minimum absolute atomic E-state index is 0.0276. The van der Waals surface area contributed by atoms with Gasteiger partial charge in [0.2, 0.25) is 0 Å². The number of amides is 2. The van der Waals surface area contributed by atoms with E-state index in [4.69, 9.17) is 0 Å². The molecule has 3 unspecified atom stereocenters. The van der Waals surface area contributed by atoms with Crippen LogP contribution in [0.2, 0.25) is 0 Å².